The average Bonchev–Trinajstić information content (AvgIpc) is 2.43. The fourth-order valence-corrected chi connectivity index (χ4v) is 1.48. The summed E-state index contributed by atoms with van der Waals surface area (Å²) in [6.07, 6.45) is 0. The van der Waals surface area contributed by atoms with Gasteiger partial charge in [0.2, 0.25) is 0 Å². The molecule has 0 aliphatic heterocycles. The van der Waals surface area contributed by atoms with E-state index in [-0.39, 0.29) is 10.1 Å². The lowest BCUT2D eigenvalue weighted by Crippen LogP contribution is -2.28. The second-order valence-electron chi connectivity index (χ2n) is 3.03. The van der Waals surface area contributed by atoms with Gasteiger partial charge in [0, 0.05) is 17.6 Å². The molecule has 3 nitrogen and oxygen atoms in total. The number of allylic oxidation sites excluding steroid dienone is 1. The topological polar surface area (TPSA) is 48.0 Å². The van der Waals surface area contributed by atoms with E-state index in [4.69, 9.17) is 28.9 Å². The summed E-state index contributed by atoms with van der Waals surface area (Å²) in [5.74, 6) is -0.543. The van der Waals surface area contributed by atoms with E-state index in [9.17, 15) is 4.79 Å². The third-order valence-corrected chi connectivity index (χ3v) is 2.80. The summed E-state index contributed by atoms with van der Waals surface area (Å²) in [6, 6.07) is 1.54. The summed E-state index contributed by atoms with van der Waals surface area (Å²) in [4.78, 5) is 11.0. The van der Waals surface area contributed by atoms with Crippen LogP contribution in [0.3, 0.4) is 0 Å². The number of halogens is 2. The van der Waals surface area contributed by atoms with Crippen LogP contribution in [0.1, 0.15) is 10.5 Å². The molecule has 0 fully saturated rings. The zero-order valence-electron chi connectivity index (χ0n) is 8.18. The first kappa shape index (κ1) is 11.9. The lowest BCUT2D eigenvalue weighted by molar-refractivity contribution is 0.0992. The van der Waals surface area contributed by atoms with Crippen molar-refractivity contribution in [3.05, 3.63) is 33.9 Å². The van der Waals surface area contributed by atoms with Gasteiger partial charge < -0.3 is 10.3 Å². The number of amides is 1. The Balaban J connectivity index is 3.69. The van der Waals surface area contributed by atoms with Crippen molar-refractivity contribution in [1.82, 2.24) is 4.57 Å². The van der Waals surface area contributed by atoms with Crippen molar-refractivity contribution in [2.24, 2.45) is 12.8 Å². The molecule has 1 aromatic heterocycles. The molecule has 5 heteroatoms. The van der Waals surface area contributed by atoms with Gasteiger partial charge in [-0.1, -0.05) is 36.4 Å². The Morgan fingerprint density at radius 2 is 2.07 bits per heavy atom. The standard InChI is InChI=1S/C10H10Cl2N2O/c1-5(11)9(12)7-4-8(10(13)15)14(3)6(7)2/h4H,1-2H2,3H3,(H2,13,15)/b9-7+. The maximum atomic E-state index is 11.0. The fraction of sp³-hybridized carbons (Fsp3) is 0.100. The van der Waals surface area contributed by atoms with E-state index in [1.54, 1.807) is 17.7 Å². The minimum absolute atomic E-state index is 0.197. The normalized spacial score (nSPS) is 12.5. The van der Waals surface area contributed by atoms with Crippen LogP contribution in [-0.4, -0.2) is 10.5 Å². The van der Waals surface area contributed by atoms with Crippen LogP contribution in [0.5, 0.6) is 0 Å². The maximum Gasteiger partial charge on any atom is 0.265 e. The van der Waals surface area contributed by atoms with Gasteiger partial charge in [-0.3, -0.25) is 4.79 Å². The minimum Gasteiger partial charge on any atom is -0.364 e. The third kappa shape index (κ3) is 2.08. The molecule has 2 N–H and O–H groups in total. The first-order chi connectivity index (χ1) is 6.86. The molecule has 1 amide bonds. The highest BCUT2D eigenvalue weighted by Crippen LogP contribution is 2.15. The van der Waals surface area contributed by atoms with E-state index in [2.05, 4.69) is 13.2 Å². The number of nitrogens with zero attached hydrogens (tertiary/aromatic N) is 1. The Kier molecular flexibility index (Phi) is 3.27. The van der Waals surface area contributed by atoms with Crippen molar-refractivity contribution in [3.63, 3.8) is 0 Å². The van der Waals surface area contributed by atoms with Crippen LogP contribution in [0.25, 0.3) is 11.6 Å². The Morgan fingerprint density at radius 1 is 1.53 bits per heavy atom. The number of rotatable bonds is 2. The fourth-order valence-electron chi connectivity index (χ4n) is 1.22. The van der Waals surface area contributed by atoms with Crippen LogP contribution < -0.4 is 16.3 Å². The molecule has 0 unspecified atom stereocenters. The van der Waals surface area contributed by atoms with Gasteiger partial charge in [0.25, 0.3) is 5.91 Å². The Morgan fingerprint density at radius 3 is 2.40 bits per heavy atom. The highest BCUT2D eigenvalue weighted by Gasteiger charge is 2.09. The largest absolute Gasteiger partial charge is 0.364 e. The smallest absolute Gasteiger partial charge is 0.265 e. The van der Waals surface area contributed by atoms with E-state index < -0.39 is 5.91 Å². The number of carbonyl (C=O) groups excluding carboxylic acids is 1. The number of primary amides is 1. The summed E-state index contributed by atoms with van der Waals surface area (Å²) in [6.45, 7) is 7.28. The number of hydrogen-bond donors (Lipinski definition) is 1. The van der Waals surface area contributed by atoms with Crippen LogP contribution in [0.2, 0.25) is 0 Å². The summed E-state index contributed by atoms with van der Waals surface area (Å²) in [5.41, 5.74) is 5.50. The predicted molar refractivity (Wildman–Crippen MR) is 63.0 cm³/mol. The van der Waals surface area contributed by atoms with Crippen molar-refractivity contribution in [2.45, 2.75) is 0 Å². The zero-order chi connectivity index (χ0) is 11.7. The quantitative estimate of drug-likeness (QED) is 0.816. The van der Waals surface area contributed by atoms with Crippen molar-refractivity contribution < 1.29 is 4.79 Å². The third-order valence-electron chi connectivity index (χ3n) is 2.09. The molecular formula is C10H10Cl2N2O. The van der Waals surface area contributed by atoms with Gasteiger partial charge in [-0.2, -0.15) is 0 Å². The van der Waals surface area contributed by atoms with Crippen LogP contribution in [0, 0.1) is 0 Å². The maximum absolute atomic E-state index is 11.0. The highest BCUT2D eigenvalue weighted by molar-refractivity contribution is 6.56. The van der Waals surface area contributed by atoms with Crippen LogP contribution >= 0.6 is 23.2 Å². The second-order valence-corrected chi connectivity index (χ2v) is 3.87. The van der Waals surface area contributed by atoms with E-state index in [1.807, 2.05) is 0 Å². The molecule has 0 aliphatic rings. The monoisotopic (exact) mass is 244 g/mol. The van der Waals surface area contributed by atoms with Gasteiger partial charge in [-0.15, -0.1) is 0 Å². The molecule has 0 atom stereocenters. The molecule has 0 saturated heterocycles. The van der Waals surface area contributed by atoms with Crippen molar-refractivity contribution in [1.29, 1.82) is 0 Å². The molecular weight excluding hydrogens is 235 g/mol. The van der Waals surface area contributed by atoms with E-state index >= 15 is 0 Å². The number of hydrogen-bond acceptors (Lipinski definition) is 1. The van der Waals surface area contributed by atoms with Crippen molar-refractivity contribution >= 4 is 40.7 Å². The minimum atomic E-state index is -0.543. The summed E-state index contributed by atoms with van der Waals surface area (Å²) in [5, 5.41) is 1.59. The van der Waals surface area contributed by atoms with E-state index in [0.29, 0.717) is 16.3 Å². The SMILES string of the molecule is C=C(Cl)/C(Cl)=c1/cc(C(N)=O)n(C)c1=C. The lowest BCUT2D eigenvalue weighted by atomic mass is 10.3. The van der Waals surface area contributed by atoms with Crippen LogP contribution in [0.4, 0.5) is 0 Å². The lowest BCUT2D eigenvalue weighted by Gasteiger charge is -1.96. The zero-order valence-corrected chi connectivity index (χ0v) is 9.69. The summed E-state index contributed by atoms with van der Waals surface area (Å²) >= 11 is 11.6. The molecule has 0 spiro atoms. The van der Waals surface area contributed by atoms with Gasteiger partial charge in [0.1, 0.15) is 5.69 Å². The van der Waals surface area contributed by atoms with E-state index in [0.717, 1.165) is 0 Å². The Hall–Kier alpha value is -1.19. The van der Waals surface area contributed by atoms with Gasteiger partial charge in [-0.25, -0.2) is 0 Å². The summed E-state index contributed by atoms with van der Waals surface area (Å²) < 4.78 is 1.56. The molecule has 15 heavy (non-hydrogen) atoms. The molecule has 0 aliphatic carbocycles. The van der Waals surface area contributed by atoms with E-state index in [1.165, 1.54) is 0 Å². The van der Waals surface area contributed by atoms with Gasteiger partial charge >= 0.3 is 0 Å². The number of nitrogens with two attached hydrogens (primary N) is 1. The second kappa shape index (κ2) is 4.13. The molecule has 0 radical (unpaired) electrons. The molecule has 1 rings (SSSR count). The van der Waals surface area contributed by atoms with Crippen molar-refractivity contribution in [2.75, 3.05) is 0 Å². The Labute approximate surface area is 97.1 Å². The molecule has 0 saturated carbocycles. The summed E-state index contributed by atoms with van der Waals surface area (Å²) in [7, 11) is 1.67. The first-order valence-corrected chi connectivity index (χ1v) is 4.81. The molecule has 80 valence electrons. The first-order valence-electron chi connectivity index (χ1n) is 4.05. The highest BCUT2D eigenvalue weighted by atomic mass is 35.5. The number of aromatic nitrogens is 1. The van der Waals surface area contributed by atoms with Gasteiger partial charge in [0.15, 0.2) is 0 Å². The predicted octanol–water partition coefficient (Wildman–Crippen LogP) is 0.634. The molecule has 0 aromatic carbocycles. The molecule has 1 heterocycles. The van der Waals surface area contributed by atoms with Crippen LogP contribution in [-0.2, 0) is 7.05 Å². The van der Waals surface area contributed by atoms with Gasteiger partial charge in [0.05, 0.1) is 10.1 Å². The molecule has 0 bridgehead atoms. The van der Waals surface area contributed by atoms with Crippen molar-refractivity contribution in [3.8, 4) is 0 Å². The Bertz CT molecular complexity index is 543. The average molecular weight is 245 g/mol. The van der Waals surface area contributed by atoms with Crippen LogP contribution in [0.15, 0.2) is 17.7 Å². The number of carbonyl (C=O) groups is 1. The van der Waals surface area contributed by atoms with Gasteiger partial charge in [-0.05, 0) is 6.07 Å². The molecule has 1 aromatic rings.